The van der Waals surface area contributed by atoms with Crippen molar-refractivity contribution in [2.45, 2.75) is 16.8 Å². The Bertz CT molecular complexity index is 714. The summed E-state index contributed by atoms with van der Waals surface area (Å²) in [6.45, 7) is 0. The molecule has 106 valence electrons. The zero-order valence-corrected chi connectivity index (χ0v) is 12.7. The Labute approximate surface area is 125 Å². The second kappa shape index (κ2) is 5.34. The van der Waals surface area contributed by atoms with E-state index in [-0.39, 0.29) is 16.8 Å². The van der Waals surface area contributed by atoms with Crippen LogP contribution < -0.4 is 0 Å². The number of hydrogen-bond donors (Lipinski definition) is 0. The summed E-state index contributed by atoms with van der Waals surface area (Å²) in [7, 11) is -2.90. The molecule has 2 aromatic rings. The molecule has 1 aromatic heterocycles. The summed E-state index contributed by atoms with van der Waals surface area (Å²) >= 11 is 7.25. The van der Waals surface area contributed by atoms with Gasteiger partial charge in [-0.15, -0.1) is 5.10 Å². The number of hydrogen-bond acceptors (Lipinski definition) is 6. The zero-order valence-electron chi connectivity index (χ0n) is 10.3. The number of sulfone groups is 1. The second-order valence-corrected chi connectivity index (χ2v) is 8.43. The highest BCUT2D eigenvalue weighted by Crippen LogP contribution is 2.30. The van der Waals surface area contributed by atoms with Crippen LogP contribution >= 0.6 is 23.4 Å². The Morgan fingerprint density at radius 3 is 2.70 bits per heavy atom. The average molecular weight is 331 g/mol. The van der Waals surface area contributed by atoms with Crippen molar-refractivity contribution >= 4 is 33.2 Å². The maximum Gasteiger partial charge on any atom is 0.214 e. The Kier molecular flexibility index (Phi) is 3.70. The average Bonchev–Trinajstić information content (AvgIpc) is 2.98. The summed E-state index contributed by atoms with van der Waals surface area (Å²) in [6.07, 6.45) is 0.639. The number of thioether (sulfide) groups is 1. The standard InChI is InChI=1S/C11H11ClN4O2S2/c12-8-1-3-9(4-2-8)16-11(13-14-15-16)19-10-5-6-20(17,18)7-10/h1-4,10H,5-7H2/t10-/m0/s1. The molecule has 0 N–H and O–H groups in total. The summed E-state index contributed by atoms with van der Waals surface area (Å²) in [4.78, 5) is 0. The number of benzene rings is 1. The van der Waals surface area contributed by atoms with Crippen molar-refractivity contribution < 1.29 is 8.42 Å². The lowest BCUT2D eigenvalue weighted by Crippen LogP contribution is -2.08. The van der Waals surface area contributed by atoms with Crippen molar-refractivity contribution in [2.24, 2.45) is 0 Å². The first-order valence-electron chi connectivity index (χ1n) is 5.95. The van der Waals surface area contributed by atoms with Gasteiger partial charge in [0.25, 0.3) is 0 Å². The van der Waals surface area contributed by atoms with Crippen molar-refractivity contribution in [3.63, 3.8) is 0 Å². The molecule has 0 spiro atoms. The molecule has 2 heterocycles. The molecule has 0 bridgehead atoms. The van der Waals surface area contributed by atoms with E-state index in [0.29, 0.717) is 16.6 Å². The maximum absolute atomic E-state index is 11.5. The normalized spacial score (nSPS) is 21.1. The van der Waals surface area contributed by atoms with Crippen LogP contribution in [0.2, 0.25) is 5.02 Å². The van der Waals surface area contributed by atoms with Crippen LogP contribution in [0.5, 0.6) is 0 Å². The minimum Gasteiger partial charge on any atom is -0.229 e. The fourth-order valence-electron chi connectivity index (χ4n) is 2.00. The minimum absolute atomic E-state index is 0.0112. The summed E-state index contributed by atoms with van der Waals surface area (Å²) < 4.78 is 24.5. The van der Waals surface area contributed by atoms with Crippen molar-refractivity contribution in [2.75, 3.05) is 11.5 Å². The topological polar surface area (TPSA) is 77.7 Å². The largest absolute Gasteiger partial charge is 0.229 e. The molecule has 1 fully saturated rings. The summed E-state index contributed by atoms with van der Waals surface area (Å²) in [5.74, 6) is 0.429. The van der Waals surface area contributed by atoms with Gasteiger partial charge in [0, 0.05) is 10.3 Å². The number of nitrogens with zero attached hydrogens (tertiary/aromatic N) is 4. The molecule has 0 radical (unpaired) electrons. The van der Waals surface area contributed by atoms with Crippen LogP contribution in [0.3, 0.4) is 0 Å². The van der Waals surface area contributed by atoms with E-state index in [4.69, 9.17) is 11.6 Å². The molecule has 1 aliphatic heterocycles. The number of halogens is 1. The lowest BCUT2D eigenvalue weighted by atomic mass is 10.3. The molecule has 1 aromatic carbocycles. The third kappa shape index (κ3) is 2.97. The highest BCUT2D eigenvalue weighted by Gasteiger charge is 2.30. The van der Waals surface area contributed by atoms with Gasteiger partial charge in [-0.1, -0.05) is 23.4 Å². The highest BCUT2D eigenvalue weighted by molar-refractivity contribution is 8.01. The SMILES string of the molecule is O=S1(=O)CC[C@H](Sc2nnnn2-c2ccc(Cl)cc2)C1. The Morgan fingerprint density at radius 2 is 2.05 bits per heavy atom. The first kappa shape index (κ1) is 13.8. The first-order chi connectivity index (χ1) is 9.53. The van der Waals surface area contributed by atoms with E-state index < -0.39 is 9.84 Å². The van der Waals surface area contributed by atoms with E-state index in [2.05, 4.69) is 15.5 Å². The Morgan fingerprint density at radius 1 is 1.30 bits per heavy atom. The van der Waals surface area contributed by atoms with Crippen LogP contribution in [0, 0.1) is 0 Å². The van der Waals surface area contributed by atoms with Gasteiger partial charge in [0.15, 0.2) is 9.84 Å². The molecule has 9 heteroatoms. The van der Waals surface area contributed by atoms with Gasteiger partial charge in [-0.2, -0.15) is 4.68 Å². The van der Waals surface area contributed by atoms with Crippen LogP contribution in [0.4, 0.5) is 0 Å². The fourth-order valence-corrected chi connectivity index (χ4v) is 5.57. The molecule has 3 rings (SSSR count). The molecular weight excluding hydrogens is 320 g/mol. The molecule has 1 atom stereocenters. The van der Waals surface area contributed by atoms with Gasteiger partial charge < -0.3 is 0 Å². The van der Waals surface area contributed by atoms with E-state index >= 15 is 0 Å². The van der Waals surface area contributed by atoms with Crippen LogP contribution in [0.15, 0.2) is 29.4 Å². The van der Waals surface area contributed by atoms with Crippen molar-refractivity contribution in [3.05, 3.63) is 29.3 Å². The quantitative estimate of drug-likeness (QED) is 0.850. The molecule has 0 amide bonds. The van der Waals surface area contributed by atoms with E-state index in [0.717, 1.165) is 5.69 Å². The maximum atomic E-state index is 11.5. The Balaban J connectivity index is 1.82. The van der Waals surface area contributed by atoms with Gasteiger partial charge in [-0.05, 0) is 41.1 Å². The molecule has 1 saturated heterocycles. The predicted molar refractivity (Wildman–Crippen MR) is 77.1 cm³/mol. The van der Waals surface area contributed by atoms with Gasteiger partial charge in [0.05, 0.1) is 17.2 Å². The van der Waals surface area contributed by atoms with E-state index in [1.165, 1.54) is 11.8 Å². The zero-order chi connectivity index (χ0) is 14.2. The summed E-state index contributed by atoms with van der Waals surface area (Å²) in [6, 6.07) is 7.14. The predicted octanol–water partition coefficient (Wildman–Crippen LogP) is 1.59. The molecule has 20 heavy (non-hydrogen) atoms. The molecule has 0 aliphatic carbocycles. The smallest absolute Gasteiger partial charge is 0.214 e. The van der Waals surface area contributed by atoms with Gasteiger partial charge in [0.1, 0.15) is 0 Å². The number of rotatable bonds is 3. The van der Waals surface area contributed by atoms with Gasteiger partial charge in [-0.3, -0.25) is 0 Å². The van der Waals surface area contributed by atoms with Crippen LogP contribution in [0.25, 0.3) is 5.69 Å². The lowest BCUT2D eigenvalue weighted by molar-refractivity contribution is 0.602. The van der Waals surface area contributed by atoms with Crippen LogP contribution in [0.1, 0.15) is 6.42 Å². The van der Waals surface area contributed by atoms with Crippen molar-refractivity contribution in [3.8, 4) is 5.69 Å². The summed E-state index contributed by atoms with van der Waals surface area (Å²) in [5, 5.41) is 12.8. The number of aromatic nitrogens is 4. The van der Waals surface area contributed by atoms with Crippen LogP contribution in [-0.4, -0.2) is 45.4 Å². The van der Waals surface area contributed by atoms with E-state index in [9.17, 15) is 8.42 Å². The number of tetrazole rings is 1. The summed E-state index contributed by atoms with van der Waals surface area (Å²) in [5.41, 5.74) is 0.794. The van der Waals surface area contributed by atoms with Crippen molar-refractivity contribution in [1.82, 2.24) is 20.2 Å². The van der Waals surface area contributed by atoms with Gasteiger partial charge in [0.2, 0.25) is 5.16 Å². The molecule has 6 nitrogen and oxygen atoms in total. The molecule has 0 saturated carbocycles. The van der Waals surface area contributed by atoms with Gasteiger partial charge >= 0.3 is 0 Å². The first-order valence-corrected chi connectivity index (χ1v) is 9.03. The monoisotopic (exact) mass is 330 g/mol. The third-order valence-electron chi connectivity index (χ3n) is 2.97. The second-order valence-electron chi connectivity index (χ2n) is 4.49. The Hall–Kier alpha value is -1.12. The molecule has 0 unspecified atom stereocenters. The van der Waals surface area contributed by atoms with Gasteiger partial charge in [-0.25, -0.2) is 8.42 Å². The van der Waals surface area contributed by atoms with E-state index in [1.54, 1.807) is 16.8 Å². The molecule has 1 aliphatic rings. The van der Waals surface area contributed by atoms with Crippen LogP contribution in [-0.2, 0) is 9.84 Å². The lowest BCUT2D eigenvalue weighted by Gasteiger charge is -2.07. The van der Waals surface area contributed by atoms with E-state index in [1.807, 2.05) is 12.1 Å². The fraction of sp³-hybridized carbons (Fsp3) is 0.364. The molecular formula is C11H11ClN4O2S2. The third-order valence-corrected chi connectivity index (χ3v) is 6.41. The minimum atomic E-state index is -2.90. The highest BCUT2D eigenvalue weighted by atomic mass is 35.5. The van der Waals surface area contributed by atoms with Crippen molar-refractivity contribution in [1.29, 1.82) is 0 Å².